The minimum atomic E-state index is 0.656. The van der Waals surface area contributed by atoms with Crippen LogP contribution in [0.4, 0.5) is 5.82 Å². The van der Waals surface area contributed by atoms with Gasteiger partial charge in [0.05, 0.1) is 23.3 Å². The highest BCUT2D eigenvalue weighted by Gasteiger charge is 2.08. The van der Waals surface area contributed by atoms with E-state index in [1.807, 2.05) is 13.8 Å². The molecule has 0 saturated carbocycles. The van der Waals surface area contributed by atoms with Crippen LogP contribution in [0.15, 0.2) is 6.20 Å². The molecule has 0 radical (unpaired) electrons. The maximum absolute atomic E-state index is 5.83. The summed E-state index contributed by atoms with van der Waals surface area (Å²) >= 11 is 1.38. The first kappa shape index (κ1) is 9.14. The molecule has 2 N–H and O–H groups in total. The Balaban J connectivity index is 2.27. The fourth-order valence-electron chi connectivity index (χ4n) is 1.15. The van der Waals surface area contributed by atoms with E-state index in [1.165, 1.54) is 11.5 Å². The van der Waals surface area contributed by atoms with Crippen molar-refractivity contribution < 1.29 is 0 Å². The lowest BCUT2D eigenvalue weighted by Gasteiger charge is -2.01. The van der Waals surface area contributed by atoms with Gasteiger partial charge in [-0.25, -0.2) is 4.68 Å². The van der Waals surface area contributed by atoms with Crippen LogP contribution in [0, 0.1) is 13.8 Å². The summed E-state index contributed by atoms with van der Waals surface area (Å²) in [6.07, 6.45) is 1.76. The first-order valence-corrected chi connectivity index (χ1v) is 5.01. The van der Waals surface area contributed by atoms with Crippen molar-refractivity contribution in [2.75, 3.05) is 5.73 Å². The van der Waals surface area contributed by atoms with Crippen molar-refractivity contribution in [1.82, 2.24) is 19.4 Å². The van der Waals surface area contributed by atoms with Gasteiger partial charge in [0.25, 0.3) is 0 Å². The Kier molecular flexibility index (Phi) is 2.20. The summed E-state index contributed by atoms with van der Waals surface area (Å²) < 4.78 is 5.63. The lowest BCUT2D eigenvalue weighted by molar-refractivity contribution is 0.700. The summed E-state index contributed by atoms with van der Waals surface area (Å²) in [6.45, 7) is 4.53. The Hall–Kier alpha value is -1.43. The maximum Gasteiger partial charge on any atom is 0.125 e. The zero-order valence-corrected chi connectivity index (χ0v) is 8.88. The summed E-state index contributed by atoms with van der Waals surface area (Å²) in [4.78, 5) is 1.10. The van der Waals surface area contributed by atoms with Gasteiger partial charge in [-0.05, 0) is 25.4 Å². The number of nitrogens with zero attached hydrogens (tertiary/aromatic N) is 4. The van der Waals surface area contributed by atoms with Gasteiger partial charge in [-0.15, -0.1) is 5.10 Å². The van der Waals surface area contributed by atoms with Crippen molar-refractivity contribution in [3.05, 3.63) is 22.3 Å². The molecule has 0 atom stereocenters. The third-order valence-corrected chi connectivity index (χ3v) is 2.92. The minimum absolute atomic E-state index is 0.656. The first-order valence-electron chi connectivity index (χ1n) is 4.24. The minimum Gasteiger partial charge on any atom is -0.384 e. The molecule has 0 aromatic carbocycles. The van der Waals surface area contributed by atoms with Gasteiger partial charge in [0.2, 0.25) is 0 Å². The SMILES string of the molecule is Cc1cnn(Cc2snnc2C)c1N. The van der Waals surface area contributed by atoms with E-state index in [0.29, 0.717) is 12.4 Å². The van der Waals surface area contributed by atoms with Gasteiger partial charge in [0, 0.05) is 5.56 Å². The van der Waals surface area contributed by atoms with E-state index in [-0.39, 0.29) is 0 Å². The van der Waals surface area contributed by atoms with Crippen molar-refractivity contribution >= 4 is 17.4 Å². The molecule has 0 spiro atoms. The van der Waals surface area contributed by atoms with Crippen LogP contribution in [0.2, 0.25) is 0 Å². The van der Waals surface area contributed by atoms with E-state index >= 15 is 0 Å². The van der Waals surface area contributed by atoms with Crippen molar-refractivity contribution in [3.63, 3.8) is 0 Å². The Morgan fingerprint density at radius 1 is 1.50 bits per heavy atom. The fraction of sp³-hybridized carbons (Fsp3) is 0.375. The highest BCUT2D eigenvalue weighted by molar-refractivity contribution is 7.05. The maximum atomic E-state index is 5.83. The molecule has 0 amide bonds. The summed E-state index contributed by atoms with van der Waals surface area (Å²) in [5.74, 6) is 0.706. The number of nitrogens with two attached hydrogens (primary N) is 1. The van der Waals surface area contributed by atoms with Gasteiger partial charge in [-0.2, -0.15) is 5.10 Å². The molecule has 0 aliphatic heterocycles. The highest BCUT2D eigenvalue weighted by atomic mass is 32.1. The monoisotopic (exact) mass is 209 g/mol. The molecular formula is C8H11N5S. The van der Waals surface area contributed by atoms with Crippen LogP contribution in [0.25, 0.3) is 0 Å². The average Bonchev–Trinajstić information content (AvgIpc) is 2.68. The molecule has 0 saturated heterocycles. The van der Waals surface area contributed by atoms with E-state index in [9.17, 15) is 0 Å². The number of aromatic nitrogens is 4. The van der Waals surface area contributed by atoms with Crippen LogP contribution in [0.3, 0.4) is 0 Å². The predicted octanol–water partition coefficient (Wildman–Crippen LogP) is 0.982. The molecular weight excluding hydrogens is 198 g/mol. The Labute approximate surface area is 85.7 Å². The molecule has 0 aliphatic carbocycles. The molecule has 0 fully saturated rings. The Morgan fingerprint density at radius 2 is 2.29 bits per heavy atom. The standard InChI is InChI=1S/C8H11N5S/c1-5-3-10-13(8(5)9)4-7-6(2)11-12-14-7/h3H,4,9H2,1-2H3. The summed E-state index contributed by atoms with van der Waals surface area (Å²) in [6, 6.07) is 0. The molecule has 2 rings (SSSR count). The topological polar surface area (TPSA) is 69.6 Å². The fourth-order valence-corrected chi connectivity index (χ4v) is 1.76. The Bertz CT molecular complexity index is 444. The zero-order valence-electron chi connectivity index (χ0n) is 8.06. The average molecular weight is 209 g/mol. The van der Waals surface area contributed by atoms with Crippen LogP contribution in [-0.2, 0) is 6.54 Å². The quantitative estimate of drug-likeness (QED) is 0.800. The van der Waals surface area contributed by atoms with E-state index in [1.54, 1.807) is 10.9 Å². The van der Waals surface area contributed by atoms with Crippen molar-refractivity contribution in [1.29, 1.82) is 0 Å². The second-order valence-corrected chi connectivity index (χ2v) is 3.99. The summed E-state index contributed by atoms with van der Waals surface area (Å²) in [5.41, 5.74) is 7.78. The van der Waals surface area contributed by atoms with E-state index in [0.717, 1.165) is 16.1 Å². The molecule has 2 heterocycles. The molecule has 5 nitrogen and oxygen atoms in total. The Morgan fingerprint density at radius 3 is 2.79 bits per heavy atom. The normalized spacial score (nSPS) is 10.7. The number of hydrogen-bond donors (Lipinski definition) is 1. The lowest BCUT2D eigenvalue weighted by atomic mass is 10.3. The number of aryl methyl sites for hydroxylation is 2. The number of nitrogen functional groups attached to an aromatic ring is 1. The molecule has 2 aromatic heterocycles. The van der Waals surface area contributed by atoms with Crippen LogP contribution in [0.1, 0.15) is 16.1 Å². The molecule has 2 aromatic rings. The van der Waals surface area contributed by atoms with E-state index < -0.39 is 0 Å². The van der Waals surface area contributed by atoms with Gasteiger partial charge in [0.1, 0.15) is 5.82 Å². The zero-order chi connectivity index (χ0) is 10.1. The van der Waals surface area contributed by atoms with Crippen LogP contribution < -0.4 is 5.73 Å². The molecule has 6 heteroatoms. The smallest absolute Gasteiger partial charge is 0.125 e. The summed E-state index contributed by atoms with van der Waals surface area (Å²) in [5, 5.41) is 8.11. The molecule has 14 heavy (non-hydrogen) atoms. The molecule has 74 valence electrons. The van der Waals surface area contributed by atoms with Crippen LogP contribution in [0.5, 0.6) is 0 Å². The largest absolute Gasteiger partial charge is 0.384 e. The number of hydrogen-bond acceptors (Lipinski definition) is 5. The first-order chi connectivity index (χ1) is 6.68. The predicted molar refractivity (Wildman–Crippen MR) is 55.1 cm³/mol. The third kappa shape index (κ3) is 1.48. The van der Waals surface area contributed by atoms with Crippen molar-refractivity contribution in [3.8, 4) is 0 Å². The van der Waals surface area contributed by atoms with Crippen molar-refractivity contribution in [2.45, 2.75) is 20.4 Å². The second kappa shape index (κ2) is 3.38. The van der Waals surface area contributed by atoms with Gasteiger partial charge in [-0.1, -0.05) is 4.49 Å². The van der Waals surface area contributed by atoms with E-state index in [2.05, 4.69) is 14.7 Å². The van der Waals surface area contributed by atoms with Gasteiger partial charge < -0.3 is 5.73 Å². The van der Waals surface area contributed by atoms with E-state index in [4.69, 9.17) is 5.73 Å². The third-order valence-electron chi connectivity index (χ3n) is 2.11. The van der Waals surface area contributed by atoms with Crippen LogP contribution in [-0.4, -0.2) is 19.4 Å². The summed E-state index contributed by atoms with van der Waals surface area (Å²) in [7, 11) is 0. The van der Waals surface area contributed by atoms with Crippen molar-refractivity contribution in [2.24, 2.45) is 0 Å². The number of rotatable bonds is 2. The molecule has 0 bridgehead atoms. The molecule has 0 unspecified atom stereocenters. The number of anilines is 1. The lowest BCUT2D eigenvalue weighted by Crippen LogP contribution is -2.05. The second-order valence-electron chi connectivity index (χ2n) is 3.15. The van der Waals surface area contributed by atoms with Gasteiger partial charge in [-0.3, -0.25) is 0 Å². The van der Waals surface area contributed by atoms with Gasteiger partial charge >= 0.3 is 0 Å². The van der Waals surface area contributed by atoms with Gasteiger partial charge in [0.15, 0.2) is 0 Å². The van der Waals surface area contributed by atoms with Crippen LogP contribution >= 0.6 is 11.5 Å². The highest BCUT2D eigenvalue weighted by Crippen LogP contribution is 2.15. The molecule has 0 aliphatic rings.